The molecule has 0 amide bonds. The number of alkyl halides is 2. The van der Waals surface area contributed by atoms with Crippen LogP contribution < -0.4 is 4.74 Å². The average Bonchev–Trinajstić information content (AvgIpc) is 2.63. The predicted molar refractivity (Wildman–Crippen MR) is 90.1 cm³/mol. The molecule has 2 aromatic carbocycles. The smallest absolute Gasteiger partial charge is 0.286 e. The lowest BCUT2D eigenvalue weighted by Gasteiger charge is -2.37. The SMILES string of the molecule is O=Cc1ccc(OC2C(OCc3ccccc3)CCCC2(F)F)cc1. The fourth-order valence-corrected chi connectivity index (χ4v) is 2.99. The Hall–Kier alpha value is -2.27. The van der Waals surface area contributed by atoms with Gasteiger partial charge < -0.3 is 9.47 Å². The van der Waals surface area contributed by atoms with E-state index in [1.54, 1.807) is 12.1 Å². The van der Waals surface area contributed by atoms with E-state index in [1.807, 2.05) is 30.3 Å². The second-order valence-corrected chi connectivity index (χ2v) is 6.21. The van der Waals surface area contributed by atoms with Crippen LogP contribution in [0.4, 0.5) is 8.78 Å². The molecule has 1 aliphatic carbocycles. The molecule has 0 heterocycles. The number of benzene rings is 2. The van der Waals surface area contributed by atoms with Crippen LogP contribution in [0, 0.1) is 0 Å². The second-order valence-electron chi connectivity index (χ2n) is 6.21. The summed E-state index contributed by atoms with van der Waals surface area (Å²) in [6.07, 6.45) is -0.614. The van der Waals surface area contributed by atoms with Gasteiger partial charge in [-0.05, 0) is 42.7 Å². The number of hydrogen-bond acceptors (Lipinski definition) is 3. The highest BCUT2D eigenvalue weighted by Gasteiger charge is 2.49. The molecule has 3 rings (SSSR count). The van der Waals surface area contributed by atoms with Crippen molar-refractivity contribution in [3.8, 4) is 5.75 Å². The van der Waals surface area contributed by atoms with Crippen molar-refractivity contribution in [2.75, 3.05) is 0 Å². The Morgan fingerprint density at radius 3 is 2.48 bits per heavy atom. The summed E-state index contributed by atoms with van der Waals surface area (Å²) in [4.78, 5) is 10.7. The van der Waals surface area contributed by atoms with Crippen LogP contribution in [0.25, 0.3) is 0 Å². The summed E-state index contributed by atoms with van der Waals surface area (Å²) in [7, 11) is 0. The van der Waals surface area contributed by atoms with Gasteiger partial charge in [-0.15, -0.1) is 0 Å². The van der Waals surface area contributed by atoms with Gasteiger partial charge >= 0.3 is 0 Å². The number of carbonyl (C=O) groups is 1. The molecular weight excluding hydrogens is 326 g/mol. The Balaban J connectivity index is 1.71. The van der Waals surface area contributed by atoms with Gasteiger partial charge in [0.05, 0.1) is 6.61 Å². The lowest BCUT2D eigenvalue weighted by molar-refractivity contribution is -0.181. The summed E-state index contributed by atoms with van der Waals surface area (Å²) in [5.74, 6) is -2.64. The zero-order valence-corrected chi connectivity index (χ0v) is 13.7. The highest BCUT2D eigenvalue weighted by atomic mass is 19.3. The van der Waals surface area contributed by atoms with Crippen LogP contribution in [0.1, 0.15) is 35.2 Å². The van der Waals surface area contributed by atoms with E-state index in [0.717, 1.165) is 5.56 Å². The van der Waals surface area contributed by atoms with E-state index in [9.17, 15) is 13.6 Å². The number of halogens is 2. The maximum atomic E-state index is 14.4. The first-order chi connectivity index (χ1) is 12.1. The molecule has 2 atom stereocenters. The lowest BCUT2D eigenvalue weighted by atomic mass is 9.90. The van der Waals surface area contributed by atoms with Crippen molar-refractivity contribution in [3.63, 3.8) is 0 Å². The molecule has 1 aliphatic rings. The van der Waals surface area contributed by atoms with Crippen molar-refractivity contribution in [2.45, 2.75) is 44.0 Å². The summed E-state index contributed by atoms with van der Waals surface area (Å²) in [5, 5.41) is 0. The standard InChI is InChI=1S/C20H20F2O3/c21-20(22)12-4-7-18(24-14-16-5-2-1-3-6-16)19(20)25-17-10-8-15(13-23)9-11-17/h1-3,5-6,8-11,13,18-19H,4,7,12,14H2. The van der Waals surface area contributed by atoms with Gasteiger partial charge in [-0.25, -0.2) is 8.78 Å². The van der Waals surface area contributed by atoms with E-state index in [4.69, 9.17) is 9.47 Å². The Bertz CT molecular complexity index is 686. The summed E-state index contributed by atoms with van der Waals surface area (Å²) >= 11 is 0. The normalized spacial score (nSPS) is 22.3. The van der Waals surface area contributed by atoms with Crippen LogP contribution in [0.2, 0.25) is 0 Å². The van der Waals surface area contributed by atoms with Gasteiger partial charge in [0, 0.05) is 12.0 Å². The number of ether oxygens (including phenoxy) is 2. The molecule has 5 heteroatoms. The van der Waals surface area contributed by atoms with Gasteiger partial charge in [-0.2, -0.15) is 0 Å². The van der Waals surface area contributed by atoms with Gasteiger partial charge in [0.1, 0.15) is 18.1 Å². The van der Waals surface area contributed by atoms with Crippen LogP contribution in [0.5, 0.6) is 5.75 Å². The molecule has 0 N–H and O–H groups in total. The minimum Gasteiger partial charge on any atom is -0.481 e. The van der Waals surface area contributed by atoms with Crippen LogP contribution in [-0.2, 0) is 11.3 Å². The lowest BCUT2D eigenvalue weighted by Crippen LogP contribution is -2.51. The van der Waals surface area contributed by atoms with Gasteiger partial charge in [-0.1, -0.05) is 30.3 Å². The number of hydrogen-bond donors (Lipinski definition) is 0. The summed E-state index contributed by atoms with van der Waals surface area (Å²) in [6.45, 7) is 0.269. The van der Waals surface area contributed by atoms with E-state index in [1.165, 1.54) is 12.1 Å². The molecule has 2 aromatic rings. The average molecular weight is 346 g/mol. The molecule has 0 aliphatic heterocycles. The molecule has 2 unspecified atom stereocenters. The maximum absolute atomic E-state index is 14.4. The van der Waals surface area contributed by atoms with Crippen molar-refractivity contribution in [1.82, 2.24) is 0 Å². The zero-order valence-electron chi connectivity index (χ0n) is 13.7. The van der Waals surface area contributed by atoms with E-state index >= 15 is 0 Å². The second kappa shape index (κ2) is 7.74. The molecule has 132 valence electrons. The summed E-state index contributed by atoms with van der Waals surface area (Å²) < 4.78 is 40.2. The molecule has 0 radical (unpaired) electrons. The van der Waals surface area contributed by atoms with Crippen molar-refractivity contribution >= 4 is 6.29 Å². The molecule has 0 saturated heterocycles. The van der Waals surface area contributed by atoms with E-state index in [2.05, 4.69) is 0 Å². The van der Waals surface area contributed by atoms with E-state index in [0.29, 0.717) is 30.4 Å². The Labute approximate surface area is 145 Å². The summed E-state index contributed by atoms with van der Waals surface area (Å²) in [5.41, 5.74) is 1.41. The largest absolute Gasteiger partial charge is 0.481 e. The highest BCUT2D eigenvalue weighted by molar-refractivity contribution is 5.74. The number of rotatable bonds is 6. The maximum Gasteiger partial charge on any atom is 0.286 e. The van der Waals surface area contributed by atoms with Crippen LogP contribution in [-0.4, -0.2) is 24.4 Å². The number of aldehydes is 1. The first kappa shape index (κ1) is 17.5. The minimum atomic E-state index is -2.96. The molecule has 1 fully saturated rings. The van der Waals surface area contributed by atoms with Crippen molar-refractivity contribution < 1.29 is 23.0 Å². The van der Waals surface area contributed by atoms with Crippen LogP contribution >= 0.6 is 0 Å². The highest BCUT2D eigenvalue weighted by Crippen LogP contribution is 2.38. The first-order valence-electron chi connectivity index (χ1n) is 8.34. The molecule has 0 aromatic heterocycles. The van der Waals surface area contributed by atoms with Crippen LogP contribution in [0.15, 0.2) is 54.6 Å². The van der Waals surface area contributed by atoms with Gasteiger partial charge in [0.2, 0.25) is 0 Å². The third-order valence-corrected chi connectivity index (χ3v) is 4.34. The van der Waals surface area contributed by atoms with Gasteiger partial charge in [0.25, 0.3) is 5.92 Å². The van der Waals surface area contributed by atoms with Gasteiger partial charge in [0.15, 0.2) is 6.10 Å². The first-order valence-corrected chi connectivity index (χ1v) is 8.34. The van der Waals surface area contributed by atoms with Crippen molar-refractivity contribution in [2.24, 2.45) is 0 Å². The fraction of sp³-hybridized carbons (Fsp3) is 0.350. The van der Waals surface area contributed by atoms with E-state index < -0.39 is 18.1 Å². The number of carbonyl (C=O) groups excluding carboxylic acids is 1. The van der Waals surface area contributed by atoms with Gasteiger partial charge in [-0.3, -0.25) is 4.79 Å². The summed E-state index contributed by atoms with van der Waals surface area (Å²) in [6, 6.07) is 15.6. The Kier molecular flexibility index (Phi) is 5.43. The van der Waals surface area contributed by atoms with Crippen LogP contribution in [0.3, 0.4) is 0 Å². The van der Waals surface area contributed by atoms with E-state index in [-0.39, 0.29) is 13.0 Å². The topological polar surface area (TPSA) is 35.5 Å². The van der Waals surface area contributed by atoms with Crippen molar-refractivity contribution in [3.05, 3.63) is 65.7 Å². The molecule has 3 nitrogen and oxygen atoms in total. The molecule has 0 spiro atoms. The molecule has 25 heavy (non-hydrogen) atoms. The molecule has 0 bridgehead atoms. The molecule has 1 saturated carbocycles. The quantitative estimate of drug-likeness (QED) is 0.714. The Morgan fingerprint density at radius 2 is 1.80 bits per heavy atom. The Morgan fingerprint density at radius 1 is 1.08 bits per heavy atom. The zero-order chi connectivity index (χ0) is 17.7. The third kappa shape index (κ3) is 4.42. The predicted octanol–water partition coefficient (Wildman–Crippen LogP) is 4.65. The monoisotopic (exact) mass is 346 g/mol. The fourth-order valence-electron chi connectivity index (χ4n) is 2.99. The third-order valence-electron chi connectivity index (χ3n) is 4.34. The minimum absolute atomic E-state index is 0.213. The van der Waals surface area contributed by atoms with Crippen molar-refractivity contribution in [1.29, 1.82) is 0 Å². The molecular formula is C20H20F2O3.